The van der Waals surface area contributed by atoms with E-state index in [2.05, 4.69) is 21.4 Å². The Kier molecular flexibility index (Phi) is 11.7. The van der Waals surface area contributed by atoms with Crippen LogP contribution in [-0.4, -0.2) is 70.6 Å². The zero-order valence-electron chi connectivity index (χ0n) is 29.2. The summed E-state index contributed by atoms with van der Waals surface area (Å²) in [5, 5.41) is 9.12. The first-order valence-corrected chi connectivity index (χ1v) is 18.3. The molecule has 2 aliphatic heterocycles. The van der Waals surface area contributed by atoms with Crippen LogP contribution in [0.15, 0.2) is 30.3 Å². The molecule has 4 atom stereocenters. The van der Waals surface area contributed by atoms with Gasteiger partial charge in [0.2, 0.25) is 23.5 Å². The number of Topliss-reactive ketones (excluding diaryl/α,β-unsaturated/α-hetero) is 1. The molecule has 0 unspecified atom stereocenters. The fourth-order valence-electron chi connectivity index (χ4n) is 7.15. The van der Waals surface area contributed by atoms with Gasteiger partial charge in [0.25, 0.3) is 5.91 Å². The highest BCUT2D eigenvalue weighted by Crippen LogP contribution is 2.39. The number of nitrogens with one attached hydrogen (secondary N) is 4. The molecule has 49 heavy (non-hydrogen) atoms. The van der Waals surface area contributed by atoms with E-state index in [0.29, 0.717) is 23.6 Å². The molecular weight excluding hydrogens is 646 g/mol. The summed E-state index contributed by atoms with van der Waals surface area (Å²) < 4.78 is 0. The summed E-state index contributed by atoms with van der Waals surface area (Å²) in [6.45, 7) is 7.57. The number of benzene rings is 1. The van der Waals surface area contributed by atoms with Crippen LogP contribution in [0.3, 0.4) is 0 Å². The van der Waals surface area contributed by atoms with Gasteiger partial charge in [0.15, 0.2) is 0 Å². The molecule has 12 heteroatoms. The van der Waals surface area contributed by atoms with E-state index in [-0.39, 0.29) is 37.3 Å². The molecule has 268 valence electrons. The summed E-state index contributed by atoms with van der Waals surface area (Å²) in [4.78, 5) is 75.6. The van der Waals surface area contributed by atoms with Crippen LogP contribution in [0.4, 0.5) is 0 Å². The number of likely N-dealkylation sites (tertiary alicyclic amines) is 1. The van der Waals surface area contributed by atoms with Crippen molar-refractivity contribution in [2.24, 2.45) is 11.3 Å². The van der Waals surface area contributed by atoms with Crippen molar-refractivity contribution in [2.45, 2.75) is 135 Å². The third-order valence-corrected chi connectivity index (χ3v) is 10.3. The van der Waals surface area contributed by atoms with Gasteiger partial charge in [-0.1, -0.05) is 83.5 Å². The first-order chi connectivity index (χ1) is 23.3. The van der Waals surface area contributed by atoms with E-state index in [1.807, 2.05) is 45.9 Å². The monoisotopic (exact) mass is 697 g/mol. The zero-order valence-corrected chi connectivity index (χ0v) is 30.0. The Bertz CT molecular complexity index is 1450. The van der Waals surface area contributed by atoms with E-state index in [9.17, 15) is 24.0 Å². The van der Waals surface area contributed by atoms with Crippen LogP contribution in [0.1, 0.15) is 110 Å². The van der Waals surface area contributed by atoms with E-state index in [1.165, 1.54) is 17.7 Å². The Morgan fingerprint density at radius 2 is 1.76 bits per heavy atom. The zero-order chi connectivity index (χ0) is 35.3. The van der Waals surface area contributed by atoms with Crippen LogP contribution in [-0.2, 0) is 28.8 Å². The normalized spacial score (nSPS) is 24.0. The number of ketones is 1. The summed E-state index contributed by atoms with van der Waals surface area (Å²) >= 11 is 6.25. The summed E-state index contributed by atoms with van der Waals surface area (Å²) in [6.07, 6.45) is 11.4. The van der Waals surface area contributed by atoms with Gasteiger partial charge in [-0.05, 0) is 61.6 Å². The lowest BCUT2D eigenvalue weighted by Crippen LogP contribution is -2.59. The summed E-state index contributed by atoms with van der Waals surface area (Å²) in [5.74, 6) is -2.26. The lowest BCUT2D eigenvalue weighted by Gasteiger charge is -2.36. The molecule has 1 saturated heterocycles. The quantitative estimate of drug-likeness (QED) is 0.185. The molecule has 2 saturated carbocycles. The van der Waals surface area contributed by atoms with Crippen molar-refractivity contribution in [3.05, 3.63) is 40.9 Å². The molecule has 1 aromatic carbocycles. The van der Waals surface area contributed by atoms with Gasteiger partial charge in [-0.25, -0.2) is 0 Å². The van der Waals surface area contributed by atoms with Crippen LogP contribution in [0.2, 0.25) is 5.02 Å². The van der Waals surface area contributed by atoms with Gasteiger partial charge in [0.05, 0.1) is 18.3 Å². The molecule has 2 aliphatic carbocycles. The molecule has 0 bridgehead atoms. The second-order valence-electron chi connectivity index (χ2n) is 15.4. The second kappa shape index (κ2) is 15.6. The van der Waals surface area contributed by atoms with Gasteiger partial charge >= 0.3 is 0 Å². The number of halogens is 1. The van der Waals surface area contributed by atoms with Crippen molar-refractivity contribution in [2.75, 3.05) is 6.54 Å². The SMILES string of the molecule is CCC[C@H](NC(=O)[C@@H]1C[C@]2(C=C(c3cccc(Cl)c3)NO2)CN1C(=O)[C@@H](NC(=O)CC1CCCCCC1)C(C)(C)C)C(=O)C(=O)NC1CC1. The smallest absolute Gasteiger partial charge is 0.289 e. The predicted octanol–water partition coefficient (Wildman–Crippen LogP) is 4.58. The number of carbonyl (C=O) groups excluding carboxylic acids is 5. The lowest BCUT2D eigenvalue weighted by atomic mass is 9.85. The maximum absolute atomic E-state index is 14.6. The third kappa shape index (κ3) is 9.42. The minimum absolute atomic E-state index is 0.00294. The van der Waals surface area contributed by atoms with E-state index < -0.39 is 52.6 Å². The van der Waals surface area contributed by atoms with Crippen molar-refractivity contribution in [1.82, 2.24) is 26.3 Å². The Morgan fingerprint density at radius 1 is 1.04 bits per heavy atom. The minimum atomic E-state index is -1.07. The van der Waals surface area contributed by atoms with Crippen molar-refractivity contribution >= 4 is 46.7 Å². The standard InChI is InChI=1S/C37H52ClN5O6/c1-5-11-27(31(45)34(47)39-26-16-17-26)40-33(46)29-21-37(20-28(42-49-37)24-14-10-15-25(38)19-24)22-43(29)35(48)32(36(2,3)4)41-30(44)18-23-12-8-6-7-9-13-23/h10,14-15,19-20,23,26-27,29,32,42H,5-9,11-13,16-18,21-22H2,1-4H3,(H,39,47)(H,40,46)(H,41,44)/t27-,29-,32+,37+/m0/s1. The van der Waals surface area contributed by atoms with Crippen LogP contribution in [0, 0.1) is 11.3 Å². The van der Waals surface area contributed by atoms with E-state index >= 15 is 0 Å². The summed E-state index contributed by atoms with van der Waals surface area (Å²) in [7, 11) is 0. The van der Waals surface area contributed by atoms with Gasteiger partial charge in [0.1, 0.15) is 17.7 Å². The van der Waals surface area contributed by atoms with Gasteiger partial charge < -0.3 is 20.9 Å². The second-order valence-corrected chi connectivity index (χ2v) is 15.8. The van der Waals surface area contributed by atoms with Crippen molar-refractivity contribution in [1.29, 1.82) is 0 Å². The minimum Gasteiger partial charge on any atom is -0.347 e. The molecule has 0 radical (unpaired) electrons. The van der Waals surface area contributed by atoms with Crippen molar-refractivity contribution < 1.29 is 28.8 Å². The van der Waals surface area contributed by atoms with Crippen LogP contribution < -0.4 is 21.4 Å². The first kappa shape index (κ1) is 36.8. The highest BCUT2D eigenvalue weighted by atomic mass is 35.5. The number of hydroxylamine groups is 1. The number of nitrogens with zero attached hydrogens (tertiary/aromatic N) is 1. The van der Waals surface area contributed by atoms with Crippen molar-refractivity contribution in [3.63, 3.8) is 0 Å². The van der Waals surface area contributed by atoms with Crippen LogP contribution in [0.25, 0.3) is 5.70 Å². The lowest BCUT2D eigenvalue weighted by molar-refractivity contribution is -0.145. The van der Waals surface area contributed by atoms with Crippen LogP contribution >= 0.6 is 11.6 Å². The largest absolute Gasteiger partial charge is 0.347 e. The van der Waals surface area contributed by atoms with E-state index in [1.54, 1.807) is 12.1 Å². The third-order valence-electron chi connectivity index (χ3n) is 10.1. The van der Waals surface area contributed by atoms with Gasteiger partial charge in [-0.15, -0.1) is 0 Å². The number of rotatable bonds is 12. The number of carbonyl (C=O) groups is 5. The fourth-order valence-corrected chi connectivity index (χ4v) is 7.34. The Hall–Kier alpha value is -3.44. The molecule has 2 heterocycles. The number of hydrogen-bond donors (Lipinski definition) is 4. The average Bonchev–Trinajstić information content (AvgIpc) is 3.73. The van der Waals surface area contributed by atoms with Gasteiger partial charge in [-0.2, -0.15) is 0 Å². The molecule has 3 fully saturated rings. The summed E-state index contributed by atoms with van der Waals surface area (Å²) in [5.41, 5.74) is 2.65. The predicted molar refractivity (Wildman–Crippen MR) is 187 cm³/mol. The Morgan fingerprint density at radius 3 is 2.39 bits per heavy atom. The molecule has 4 aliphatic rings. The average molecular weight is 698 g/mol. The number of amides is 4. The molecule has 11 nitrogen and oxygen atoms in total. The molecule has 4 N–H and O–H groups in total. The molecule has 4 amide bonds. The highest BCUT2D eigenvalue weighted by Gasteiger charge is 2.54. The van der Waals surface area contributed by atoms with E-state index in [4.69, 9.17) is 16.4 Å². The molecule has 1 spiro atoms. The maximum atomic E-state index is 14.6. The summed E-state index contributed by atoms with van der Waals surface area (Å²) in [6, 6.07) is 4.26. The van der Waals surface area contributed by atoms with Crippen LogP contribution in [0.5, 0.6) is 0 Å². The number of hydrogen-bond acceptors (Lipinski definition) is 7. The highest BCUT2D eigenvalue weighted by molar-refractivity contribution is 6.38. The molecule has 5 rings (SSSR count). The van der Waals surface area contributed by atoms with E-state index in [0.717, 1.165) is 44.1 Å². The topological polar surface area (TPSA) is 146 Å². The maximum Gasteiger partial charge on any atom is 0.289 e. The Balaban J connectivity index is 1.40. The van der Waals surface area contributed by atoms with Gasteiger partial charge in [0, 0.05) is 29.5 Å². The Labute approximate surface area is 294 Å². The fraction of sp³-hybridized carbons (Fsp3) is 0.649. The molecule has 0 aromatic heterocycles. The first-order valence-electron chi connectivity index (χ1n) is 18.0. The van der Waals surface area contributed by atoms with Crippen molar-refractivity contribution in [3.8, 4) is 0 Å². The van der Waals surface area contributed by atoms with Gasteiger partial charge in [-0.3, -0.25) is 34.3 Å². The molecular formula is C37H52ClN5O6. The molecule has 1 aromatic rings.